The quantitative estimate of drug-likeness (QED) is 0.697. The molecule has 170 valence electrons. The highest BCUT2D eigenvalue weighted by atomic mass is 35.5. The van der Waals surface area contributed by atoms with Crippen LogP contribution in [0, 0.1) is 5.92 Å². The van der Waals surface area contributed by atoms with Crippen molar-refractivity contribution in [2.75, 3.05) is 31.6 Å². The third-order valence-electron chi connectivity index (χ3n) is 6.99. The minimum absolute atomic E-state index is 0. The first-order valence-corrected chi connectivity index (χ1v) is 11.1. The van der Waals surface area contributed by atoms with Crippen LogP contribution in [0.4, 0.5) is 10.5 Å². The fraction of sp³-hybridized carbons (Fsp3) is 0.609. The molecular weight excluding hydrogens is 418 g/mol. The number of rotatable bonds is 5. The summed E-state index contributed by atoms with van der Waals surface area (Å²) in [5.41, 5.74) is 3.22. The second-order valence-corrected chi connectivity index (χ2v) is 9.00. The van der Waals surface area contributed by atoms with Gasteiger partial charge in [-0.15, -0.1) is 12.4 Å². The highest BCUT2D eigenvalue weighted by Crippen LogP contribution is 2.34. The van der Waals surface area contributed by atoms with Crippen LogP contribution >= 0.6 is 12.4 Å². The van der Waals surface area contributed by atoms with Crippen molar-refractivity contribution < 1.29 is 19.5 Å². The first-order valence-electron chi connectivity index (χ1n) is 11.1. The maximum atomic E-state index is 13.1. The Morgan fingerprint density at radius 3 is 2.42 bits per heavy atom. The Kier molecular flexibility index (Phi) is 7.59. The first kappa shape index (κ1) is 23.5. The van der Waals surface area contributed by atoms with Crippen molar-refractivity contribution in [3.05, 3.63) is 29.3 Å². The van der Waals surface area contributed by atoms with E-state index in [2.05, 4.69) is 18.0 Å². The Balaban J connectivity index is 0.00000272. The fourth-order valence-electron chi connectivity index (χ4n) is 5.09. The van der Waals surface area contributed by atoms with E-state index in [0.29, 0.717) is 18.0 Å². The lowest BCUT2D eigenvalue weighted by Gasteiger charge is -2.33. The van der Waals surface area contributed by atoms with Crippen LogP contribution < -0.4 is 4.90 Å². The lowest BCUT2D eigenvalue weighted by molar-refractivity contribution is -0.137. The molecular formula is C23H32ClN3O4. The number of carbonyl (C=O) groups is 3. The predicted molar refractivity (Wildman–Crippen MR) is 121 cm³/mol. The lowest BCUT2D eigenvalue weighted by Crippen LogP contribution is -2.41. The molecule has 1 N–H and O–H groups in total. The molecule has 2 fully saturated rings. The molecule has 7 nitrogen and oxygen atoms in total. The van der Waals surface area contributed by atoms with Gasteiger partial charge in [-0.3, -0.25) is 9.59 Å². The summed E-state index contributed by atoms with van der Waals surface area (Å²) in [6, 6.07) is 5.87. The summed E-state index contributed by atoms with van der Waals surface area (Å²) in [7, 11) is 2.12. The zero-order valence-corrected chi connectivity index (χ0v) is 18.9. The van der Waals surface area contributed by atoms with Gasteiger partial charge in [-0.1, -0.05) is 6.07 Å². The van der Waals surface area contributed by atoms with E-state index in [-0.39, 0.29) is 43.4 Å². The van der Waals surface area contributed by atoms with E-state index in [4.69, 9.17) is 5.11 Å². The Hall–Kier alpha value is -2.12. The summed E-state index contributed by atoms with van der Waals surface area (Å²) in [5, 5.41) is 8.87. The number of aliphatic carboxylic acids is 1. The number of imide groups is 1. The molecule has 1 saturated heterocycles. The van der Waals surface area contributed by atoms with Gasteiger partial charge in [0.1, 0.15) is 6.54 Å². The number of amides is 3. The number of urea groups is 1. The van der Waals surface area contributed by atoms with Gasteiger partial charge in [0.15, 0.2) is 0 Å². The van der Waals surface area contributed by atoms with Gasteiger partial charge in [0, 0.05) is 25.6 Å². The molecule has 0 atom stereocenters. The van der Waals surface area contributed by atoms with Crippen molar-refractivity contribution >= 4 is 36.0 Å². The maximum Gasteiger partial charge on any atom is 0.332 e. The van der Waals surface area contributed by atoms with E-state index < -0.39 is 5.97 Å². The molecule has 3 amide bonds. The van der Waals surface area contributed by atoms with Crippen molar-refractivity contribution in [1.82, 2.24) is 9.80 Å². The Bertz CT molecular complexity index is 838. The second-order valence-electron chi connectivity index (χ2n) is 9.00. The zero-order chi connectivity index (χ0) is 21.3. The van der Waals surface area contributed by atoms with Crippen molar-refractivity contribution in [3.8, 4) is 0 Å². The van der Waals surface area contributed by atoms with Crippen LogP contribution in [-0.4, -0.2) is 65.5 Å². The summed E-state index contributed by atoms with van der Waals surface area (Å²) in [6.07, 6.45) is 6.35. The fourth-order valence-corrected chi connectivity index (χ4v) is 5.09. The molecule has 2 aliphatic heterocycles. The maximum absolute atomic E-state index is 13.1. The predicted octanol–water partition coefficient (Wildman–Crippen LogP) is 3.33. The molecule has 4 rings (SSSR count). The average molecular weight is 450 g/mol. The van der Waals surface area contributed by atoms with Gasteiger partial charge in [-0.05, 0) is 81.2 Å². The number of carboxylic acids is 1. The van der Waals surface area contributed by atoms with Crippen molar-refractivity contribution in [2.24, 2.45) is 5.92 Å². The number of likely N-dealkylation sites (N-methyl/N-ethyl adjacent to an activating group) is 1. The number of fused-ring (bicyclic) bond motifs is 1. The number of halogens is 1. The number of nitrogens with zero attached hydrogens (tertiary/aromatic N) is 3. The number of carbonyl (C=O) groups excluding carboxylic acids is 2. The summed E-state index contributed by atoms with van der Waals surface area (Å²) >= 11 is 0. The first-order chi connectivity index (χ1) is 14.4. The largest absolute Gasteiger partial charge is 0.481 e. The Labute approximate surface area is 189 Å². The summed E-state index contributed by atoms with van der Waals surface area (Å²) in [5.74, 6) is -0.497. The molecule has 0 aromatic heterocycles. The molecule has 31 heavy (non-hydrogen) atoms. The van der Waals surface area contributed by atoms with Crippen LogP contribution in [0.25, 0.3) is 0 Å². The van der Waals surface area contributed by atoms with E-state index in [9.17, 15) is 14.4 Å². The molecule has 1 saturated carbocycles. The number of benzene rings is 1. The molecule has 1 aromatic carbocycles. The van der Waals surface area contributed by atoms with E-state index in [1.807, 2.05) is 12.1 Å². The number of hydrogen-bond acceptors (Lipinski definition) is 4. The summed E-state index contributed by atoms with van der Waals surface area (Å²) < 4.78 is 0. The molecule has 3 aliphatic rings. The van der Waals surface area contributed by atoms with Crippen LogP contribution in [0.1, 0.15) is 49.7 Å². The van der Waals surface area contributed by atoms with Crippen molar-refractivity contribution in [2.45, 2.75) is 57.4 Å². The van der Waals surface area contributed by atoms with Crippen LogP contribution in [0.3, 0.4) is 0 Å². The van der Waals surface area contributed by atoms with Gasteiger partial charge in [0.25, 0.3) is 5.91 Å². The van der Waals surface area contributed by atoms with Crippen LogP contribution in [0.5, 0.6) is 0 Å². The normalized spacial score (nSPS) is 24.5. The monoisotopic (exact) mass is 449 g/mol. The smallest absolute Gasteiger partial charge is 0.332 e. The summed E-state index contributed by atoms with van der Waals surface area (Å²) in [4.78, 5) is 42.1. The van der Waals surface area contributed by atoms with Gasteiger partial charge in [0.05, 0.1) is 5.69 Å². The molecule has 1 aromatic rings. The van der Waals surface area contributed by atoms with Crippen LogP contribution in [0.15, 0.2) is 18.2 Å². The van der Waals surface area contributed by atoms with E-state index in [1.165, 1.54) is 16.0 Å². The highest BCUT2D eigenvalue weighted by Gasteiger charge is 2.41. The zero-order valence-electron chi connectivity index (χ0n) is 18.1. The third-order valence-corrected chi connectivity index (χ3v) is 6.99. The molecule has 0 unspecified atom stereocenters. The van der Waals surface area contributed by atoms with Gasteiger partial charge in [-0.2, -0.15) is 0 Å². The minimum atomic E-state index is -0.750. The van der Waals surface area contributed by atoms with Crippen LogP contribution in [-0.2, 0) is 22.4 Å². The van der Waals surface area contributed by atoms with Gasteiger partial charge < -0.3 is 14.9 Å². The minimum Gasteiger partial charge on any atom is -0.481 e. The van der Waals surface area contributed by atoms with Crippen LogP contribution in [0.2, 0.25) is 0 Å². The van der Waals surface area contributed by atoms with Gasteiger partial charge in [-0.25, -0.2) is 9.69 Å². The van der Waals surface area contributed by atoms with Gasteiger partial charge in [0.2, 0.25) is 0 Å². The third kappa shape index (κ3) is 5.21. The highest BCUT2D eigenvalue weighted by molar-refractivity contribution is 6.19. The van der Waals surface area contributed by atoms with E-state index in [1.54, 1.807) is 4.90 Å². The molecule has 0 radical (unpaired) electrons. The number of carboxylic acid groups (broad SMARTS) is 1. The van der Waals surface area contributed by atoms with Crippen molar-refractivity contribution in [1.29, 1.82) is 0 Å². The van der Waals surface area contributed by atoms with Gasteiger partial charge >= 0.3 is 12.0 Å². The van der Waals surface area contributed by atoms with E-state index >= 15 is 0 Å². The lowest BCUT2D eigenvalue weighted by atomic mass is 9.83. The number of anilines is 1. The topological polar surface area (TPSA) is 81.2 Å². The standard InChI is InChI=1S/C23H31N3O4.ClH/c1-24-12-10-17-5-8-20(14-18(17)11-13-24)26-21(27)15-25(23(26)30)19-6-2-16(3-7-19)4-9-22(28)29;/h5,8,14,16,19H,2-4,6-7,9-13,15H2,1H3,(H,28,29);1H. The molecule has 1 aliphatic carbocycles. The molecule has 0 bridgehead atoms. The average Bonchev–Trinajstić information content (AvgIpc) is 2.90. The number of hydrogen-bond donors (Lipinski definition) is 1. The van der Waals surface area contributed by atoms with E-state index in [0.717, 1.165) is 51.6 Å². The molecule has 2 heterocycles. The Morgan fingerprint density at radius 2 is 1.74 bits per heavy atom. The second kappa shape index (κ2) is 10.0. The molecule has 8 heteroatoms. The molecule has 0 spiro atoms. The SMILES string of the molecule is CN1CCc2ccc(N3C(=O)CN(C4CCC(CCC(=O)O)CC4)C3=O)cc2CC1.Cl. The Morgan fingerprint density at radius 1 is 1.06 bits per heavy atom. The summed E-state index contributed by atoms with van der Waals surface area (Å²) in [6.45, 7) is 2.15. The van der Waals surface area contributed by atoms with Crippen molar-refractivity contribution in [3.63, 3.8) is 0 Å².